The second-order valence-corrected chi connectivity index (χ2v) is 9.46. The SMILES string of the molecule is O=C(c1ccc(F)c(F)c1Nc1ccc(I)cc1F)N1CC(O)(CNc2cccc(Cl)c2)C1. The van der Waals surface area contributed by atoms with Crippen LogP contribution in [0.1, 0.15) is 10.4 Å². The topological polar surface area (TPSA) is 64.6 Å². The molecule has 1 fully saturated rings. The minimum Gasteiger partial charge on any atom is -0.384 e. The fourth-order valence-corrected chi connectivity index (χ4v) is 4.18. The summed E-state index contributed by atoms with van der Waals surface area (Å²) in [6.45, 7) is 0.124. The van der Waals surface area contributed by atoms with Gasteiger partial charge in [-0.3, -0.25) is 4.79 Å². The Labute approximate surface area is 206 Å². The first kappa shape index (κ1) is 23.7. The summed E-state index contributed by atoms with van der Waals surface area (Å²) in [7, 11) is 0. The third-order valence-corrected chi connectivity index (χ3v) is 6.13. The molecule has 172 valence electrons. The number of rotatable bonds is 6. The first-order chi connectivity index (χ1) is 15.6. The van der Waals surface area contributed by atoms with Gasteiger partial charge in [0, 0.05) is 20.8 Å². The molecule has 33 heavy (non-hydrogen) atoms. The van der Waals surface area contributed by atoms with Crippen LogP contribution < -0.4 is 10.6 Å². The fraction of sp³-hybridized carbons (Fsp3) is 0.174. The summed E-state index contributed by atoms with van der Waals surface area (Å²) >= 11 is 7.87. The summed E-state index contributed by atoms with van der Waals surface area (Å²) < 4.78 is 43.4. The van der Waals surface area contributed by atoms with Crippen LogP contribution in [0.3, 0.4) is 0 Å². The Bertz CT molecular complexity index is 1220. The average molecular weight is 588 g/mol. The van der Waals surface area contributed by atoms with Gasteiger partial charge >= 0.3 is 0 Å². The number of anilines is 3. The van der Waals surface area contributed by atoms with Crippen LogP contribution in [0.15, 0.2) is 54.6 Å². The molecule has 0 aromatic heterocycles. The van der Waals surface area contributed by atoms with Gasteiger partial charge in [-0.15, -0.1) is 0 Å². The Morgan fingerprint density at radius 3 is 2.55 bits per heavy atom. The lowest BCUT2D eigenvalue weighted by Gasteiger charge is -2.46. The first-order valence-electron chi connectivity index (χ1n) is 9.86. The molecule has 0 atom stereocenters. The summed E-state index contributed by atoms with van der Waals surface area (Å²) in [6.07, 6.45) is 0. The molecule has 1 heterocycles. The molecule has 1 aliphatic rings. The zero-order valence-corrected chi connectivity index (χ0v) is 19.9. The molecule has 0 radical (unpaired) electrons. The lowest BCUT2D eigenvalue weighted by molar-refractivity contribution is -0.0706. The molecule has 4 rings (SSSR count). The predicted octanol–water partition coefficient (Wildman–Crippen LogP) is 5.40. The lowest BCUT2D eigenvalue weighted by atomic mass is 9.92. The van der Waals surface area contributed by atoms with Gasteiger partial charge in [-0.25, -0.2) is 13.2 Å². The highest BCUT2D eigenvalue weighted by Crippen LogP contribution is 2.32. The van der Waals surface area contributed by atoms with Gasteiger partial charge in [0.05, 0.1) is 30.0 Å². The van der Waals surface area contributed by atoms with Crippen LogP contribution in [0.25, 0.3) is 0 Å². The molecule has 0 spiro atoms. The third kappa shape index (κ3) is 5.20. The number of amides is 1. The maximum atomic E-state index is 14.6. The molecular weight excluding hydrogens is 570 g/mol. The van der Waals surface area contributed by atoms with E-state index >= 15 is 0 Å². The van der Waals surface area contributed by atoms with Gasteiger partial charge in [-0.05, 0) is 71.1 Å². The van der Waals surface area contributed by atoms with E-state index in [1.807, 2.05) is 22.6 Å². The van der Waals surface area contributed by atoms with Crippen molar-refractivity contribution in [1.82, 2.24) is 4.90 Å². The smallest absolute Gasteiger partial charge is 0.256 e. The van der Waals surface area contributed by atoms with E-state index in [2.05, 4.69) is 10.6 Å². The Balaban J connectivity index is 1.49. The van der Waals surface area contributed by atoms with E-state index in [0.29, 0.717) is 14.3 Å². The number of hydrogen-bond donors (Lipinski definition) is 3. The summed E-state index contributed by atoms with van der Waals surface area (Å²) in [5, 5.41) is 16.8. The normalized spacial score (nSPS) is 14.5. The van der Waals surface area contributed by atoms with Crippen LogP contribution in [0.5, 0.6) is 0 Å². The summed E-state index contributed by atoms with van der Waals surface area (Å²) in [5.74, 6) is -3.76. The maximum Gasteiger partial charge on any atom is 0.256 e. The number of carbonyl (C=O) groups is 1. The molecule has 1 amide bonds. The highest BCUT2D eigenvalue weighted by molar-refractivity contribution is 14.1. The molecule has 10 heteroatoms. The van der Waals surface area contributed by atoms with E-state index in [0.717, 1.165) is 12.1 Å². The maximum absolute atomic E-state index is 14.6. The molecule has 0 saturated carbocycles. The number of carbonyl (C=O) groups excluding carboxylic acids is 1. The van der Waals surface area contributed by atoms with E-state index in [1.165, 1.54) is 17.0 Å². The van der Waals surface area contributed by atoms with Crippen molar-refractivity contribution in [1.29, 1.82) is 0 Å². The summed E-state index contributed by atoms with van der Waals surface area (Å²) in [5.41, 5.74) is -1.22. The Kier molecular flexibility index (Phi) is 6.73. The van der Waals surface area contributed by atoms with E-state index in [4.69, 9.17) is 11.6 Å². The van der Waals surface area contributed by atoms with Gasteiger partial charge in [0.15, 0.2) is 11.6 Å². The van der Waals surface area contributed by atoms with Crippen molar-refractivity contribution in [2.45, 2.75) is 5.60 Å². The van der Waals surface area contributed by atoms with Gasteiger partial charge in [-0.2, -0.15) is 0 Å². The second-order valence-electron chi connectivity index (χ2n) is 7.78. The van der Waals surface area contributed by atoms with E-state index in [-0.39, 0.29) is 30.9 Å². The Morgan fingerprint density at radius 2 is 1.85 bits per heavy atom. The zero-order chi connectivity index (χ0) is 23.8. The number of benzene rings is 3. The average Bonchev–Trinajstić information content (AvgIpc) is 2.75. The van der Waals surface area contributed by atoms with Crippen molar-refractivity contribution in [3.05, 3.63) is 86.2 Å². The van der Waals surface area contributed by atoms with E-state index in [9.17, 15) is 23.1 Å². The number of hydrogen-bond acceptors (Lipinski definition) is 4. The molecule has 1 saturated heterocycles. The lowest BCUT2D eigenvalue weighted by Crippen LogP contribution is -2.66. The van der Waals surface area contributed by atoms with Crippen LogP contribution in [0.4, 0.5) is 30.2 Å². The van der Waals surface area contributed by atoms with Gasteiger partial charge in [0.25, 0.3) is 5.91 Å². The fourth-order valence-electron chi connectivity index (χ4n) is 3.53. The Morgan fingerprint density at radius 1 is 1.09 bits per heavy atom. The molecule has 3 aromatic carbocycles. The number of nitrogens with zero attached hydrogens (tertiary/aromatic N) is 1. The second kappa shape index (κ2) is 9.40. The zero-order valence-electron chi connectivity index (χ0n) is 17.0. The summed E-state index contributed by atoms with van der Waals surface area (Å²) in [6, 6.07) is 13.1. The van der Waals surface area contributed by atoms with Gasteiger partial charge in [0.2, 0.25) is 0 Å². The molecule has 0 aliphatic carbocycles. The van der Waals surface area contributed by atoms with Crippen LogP contribution in [-0.2, 0) is 0 Å². The largest absolute Gasteiger partial charge is 0.384 e. The molecular formula is C23H18ClF3IN3O2. The quantitative estimate of drug-likeness (QED) is 0.338. The molecule has 0 bridgehead atoms. The molecule has 5 nitrogen and oxygen atoms in total. The van der Waals surface area contributed by atoms with Gasteiger partial charge in [-0.1, -0.05) is 17.7 Å². The Hall–Kier alpha value is -2.50. The van der Waals surface area contributed by atoms with E-state index in [1.54, 1.807) is 30.3 Å². The minimum absolute atomic E-state index is 0.0181. The van der Waals surface area contributed by atoms with Crippen molar-refractivity contribution >= 4 is 57.2 Å². The van der Waals surface area contributed by atoms with Crippen molar-refractivity contribution < 1.29 is 23.1 Å². The molecule has 3 N–H and O–H groups in total. The summed E-state index contributed by atoms with van der Waals surface area (Å²) in [4.78, 5) is 14.3. The van der Waals surface area contributed by atoms with Gasteiger partial charge in [0.1, 0.15) is 11.4 Å². The highest BCUT2D eigenvalue weighted by atomic mass is 127. The molecule has 3 aromatic rings. The van der Waals surface area contributed by atoms with Crippen LogP contribution >= 0.6 is 34.2 Å². The van der Waals surface area contributed by atoms with Crippen LogP contribution in [0, 0.1) is 21.0 Å². The van der Waals surface area contributed by atoms with Crippen molar-refractivity contribution in [3.63, 3.8) is 0 Å². The number of likely N-dealkylation sites (tertiary alicyclic amines) is 1. The minimum atomic E-state index is -1.29. The third-order valence-electron chi connectivity index (χ3n) is 5.22. The standard InChI is InChI=1S/C23H18ClF3IN3O2/c24-13-2-1-3-15(8-13)29-10-23(33)11-31(12-23)22(32)16-5-6-17(25)20(27)21(16)30-19-7-4-14(28)9-18(19)26/h1-9,29-30,33H,10-12H2. The number of aliphatic hydroxyl groups is 1. The first-order valence-corrected chi connectivity index (χ1v) is 11.3. The van der Waals surface area contributed by atoms with Crippen LogP contribution in [-0.4, -0.2) is 41.1 Å². The van der Waals surface area contributed by atoms with Crippen molar-refractivity contribution in [2.75, 3.05) is 30.3 Å². The number of halogens is 5. The monoisotopic (exact) mass is 587 g/mol. The number of nitrogens with one attached hydrogen (secondary N) is 2. The van der Waals surface area contributed by atoms with Gasteiger partial charge < -0.3 is 20.6 Å². The molecule has 0 unspecified atom stereocenters. The number of β-amino-alcohol motifs (C(OH)–C–C–N with tert-alkyl or cyclic N) is 1. The van der Waals surface area contributed by atoms with Crippen molar-refractivity contribution in [2.24, 2.45) is 0 Å². The van der Waals surface area contributed by atoms with Crippen LogP contribution in [0.2, 0.25) is 5.02 Å². The highest BCUT2D eigenvalue weighted by Gasteiger charge is 2.44. The van der Waals surface area contributed by atoms with E-state index < -0.39 is 34.6 Å². The van der Waals surface area contributed by atoms with Crippen molar-refractivity contribution in [3.8, 4) is 0 Å². The predicted molar refractivity (Wildman–Crippen MR) is 130 cm³/mol. The molecule has 1 aliphatic heterocycles.